The van der Waals surface area contributed by atoms with Crippen molar-refractivity contribution in [3.63, 3.8) is 0 Å². The summed E-state index contributed by atoms with van der Waals surface area (Å²) in [4.78, 5) is 14.6. The molecule has 6 nitrogen and oxygen atoms in total. The van der Waals surface area contributed by atoms with E-state index in [2.05, 4.69) is 5.10 Å². The minimum absolute atomic E-state index is 0.0459. The van der Waals surface area contributed by atoms with Gasteiger partial charge in [0.15, 0.2) is 5.69 Å². The predicted molar refractivity (Wildman–Crippen MR) is 89.8 cm³/mol. The quantitative estimate of drug-likeness (QED) is 0.913. The molecule has 2 heterocycles. The molecule has 1 aromatic heterocycles. The number of phenols is 1. The molecular weight excluding hydrogens is 306 g/mol. The van der Waals surface area contributed by atoms with Gasteiger partial charge >= 0.3 is 0 Å². The van der Waals surface area contributed by atoms with Gasteiger partial charge in [-0.25, -0.2) is 0 Å². The van der Waals surface area contributed by atoms with Crippen LogP contribution in [0.2, 0.25) is 0 Å². The SMILES string of the molecule is Cc1cc(C(=O)N(Cc2ccccc2O)C[C@@H]2CCCO2)nn1C. The third-order valence-corrected chi connectivity index (χ3v) is 4.42. The van der Waals surface area contributed by atoms with Gasteiger partial charge in [0, 0.05) is 38.0 Å². The van der Waals surface area contributed by atoms with Crippen LogP contribution >= 0.6 is 0 Å². The van der Waals surface area contributed by atoms with Crippen LogP contribution in [0.4, 0.5) is 0 Å². The van der Waals surface area contributed by atoms with Crippen molar-refractivity contribution in [3.8, 4) is 5.75 Å². The maximum atomic E-state index is 12.9. The molecule has 1 aliphatic rings. The van der Waals surface area contributed by atoms with Gasteiger partial charge in [0.2, 0.25) is 0 Å². The first-order valence-electron chi connectivity index (χ1n) is 8.23. The van der Waals surface area contributed by atoms with Crippen LogP contribution in [0.5, 0.6) is 5.75 Å². The van der Waals surface area contributed by atoms with E-state index >= 15 is 0 Å². The van der Waals surface area contributed by atoms with E-state index in [0.717, 1.165) is 30.7 Å². The number of nitrogens with zero attached hydrogens (tertiary/aromatic N) is 3. The van der Waals surface area contributed by atoms with Crippen molar-refractivity contribution in [2.75, 3.05) is 13.2 Å². The molecule has 1 atom stereocenters. The van der Waals surface area contributed by atoms with Gasteiger partial charge in [0.25, 0.3) is 5.91 Å². The average Bonchev–Trinajstić information content (AvgIpc) is 3.18. The van der Waals surface area contributed by atoms with E-state index in [0.29, 0.717) is 18.8 Å². The summed E-state index contributed by atoms with van der Waals surface area (Å²) in [6.45, 7) is 3.49. The van der Waals surface area contributed by atoms with E-state index in [1.807, 2.05) is 26.1 Å². The molecule has 0 aliphatic carbocycles. The molecule has 2 aromatic rings. The maximum Gasteiger partial charge on any atom is 0.274 e. The zero-order valence-electron chi connectivity index (χ0n) is 14.1. The van der Waals surface area contributed by atoms with Crippen LogP contribution in [0.1, 0.15) is 34.6 Å². The smallest absolute Gasteiger partial charge is 0.274 e. The minimum Gasteiger partial charge on any atom is -0.508 e. The lowest BCUT2D eigenvalue weighted by atomic mass is 10.1. The number of aromatic nitrogens is 2. The highest BCUT2D eigenvalue weighted by atomic mass is 16.5. The minimum atomic E-state index is -0.141. The molecule has 1 aromatic carbocycles. The summed E-state index contributed by atoms with van der Waals surface area (Å²) < 4.78 is 7.38. The number of amides is 1. The predicted octanol–water partition coefficient (Wildman–Crippen LogP) is 2.26. The van der Waals surface area contributed by atoms with Crippen molar-refractivity contribution in [3.05, 3.63) is 47.3 Å². The third kappa shape index (κ3) is 3.59. The van der Waals surface area contributed by atoms with Crippen molar-refractivity contribution in [1.29, 1.82) is 0 Å². The number of benzene rings is 1. The van der Waals surface area contributed by atoms with Gasteiger partial charge in [-0.05, 0) is 31.9 Å². The number of carbonyl (C=O) groups excluding carboxylic acids is 1. The van der Waals surface area contributed by atoms with E-state index in [1.54, 1.807) is 27.8 Å². The summed E-state index contributed by atoms with van der Waals surface area (Å²) >= 11 is 0. The lowest BCUT2D eigenvalue weighted by Crippen LogP contribution is -2.37. The number of aryl methyl sites for hydroxylation is 2. The highest BCUT2D eigenvalue weighted by Gasteiger charge is 2.25. The molecule has 1 fully saturated rings. The molecule has 1 N–H and O–H groups in total. The summed E-state index contributed by atoms with van der Waals surface area (Å²) in [6.07, 6.45) is 2.02. The van der Waals surface area contributed by atoms with Gasteiger partial charge in [-0.2, -0.15) is 5.10 Å². The van der Waals surface area contributed by atoms with Gasteiger partial charge in [0.05, 0.1) is 6.10 Å². The summed E-state index contributed by atoms with van der Waals surface area (Å²) in [6, 6.07) is 8.88. The Hall–Kier alpha value is -2.34. The van der Waals surface area contributed by atoms with Crippen LogP contribution in [0.25, 0.3) is 0 Å². The normalized spacial score (nSPS) is 17.2. The van der Waals surface area contributed by atoms with Crippen LogP contribution in [-0.2, 0) is 18.3 Å². The van der Waals surface area contributed by atoms with E-state index in [1.165, 1.54) is 0 Å². The van der Waals surface area contributed by atoms with Crippen molar-refractivity contribution in [1.82, 2.24) is 14.7 Å². The highest BCUT2D eigenvalue weighted by molar-refractivity contribution is 5.92. The summed E-state index contributed by atoms with van der Waals surface area (Å²) in [7, 11) is 1.82. The zero-order chi connectivity index (χ0) is 17.1. The molecule has 6 heteroatoms. The second-order valence-corrected chi connectivity index (χ2v) is 6.24. The summed E-state index contributed by atoms with van der Waals surface area (Å²) in [5.74, 6) is 0.0531. The van der Waals surface area contributed by atoms with E-state index in [9.17, 15) is 9.90 Å². The van der Waals surface area contributed by atoms with Crippen LogP contribution in [-0.4, -0.2) is 44.9 Å². The van der Waals surface area contributed by atoms with Gasteiger partial charge in [-0.3, -0.25) is 9.48 Å². The molecule has 1 amide bonds. The largest absolute Gasteiger partial charge is 0.508 e. The number of aromatic hydroxyl groups is 1. The summed E-state index contributed by atoms with van der Waals surface area (Å²) in [5, 5.41) is 14.3. The Bertz CT molecular complexity index is 701. The molecule has 1 aliphatic heterocycles. The van der Waals surface area contributed by atoms with Crippen LogP contribution in [0.3, 0.4) is 0 Å². The Morgan fingerprint density at radius 3 is 2.88 bits per heavy atom. The van der Waals surface area contributed by atoms with Crippen LogP contribution < -0.4 is 0 Å². The van der Waals surface area contributed by atoms with Crippen molar-refractivity contribution < 1.29 is 14.6 Å². The Morgan fingerprint density at radius 2 is 2.25 bits per heavy atom. The summed E-state index contributed by atoms with van der Waals surface area (Å²) in [5.41, 5.74) is 2.07. The Balaban J connectivity index is 1.83. The molecule has 0 radical (unpaired) electrons. The Labute approximate surface area is 141 Å². The molecule has 0 unspecified atom stereocenters. The third-order valence-electron chi connectivity index (χ3n) is 4.42. The number of rotatable bonds is 5. The van der Waals surface area contributed by atoms with Gasteiger partial charge in [-0.15, -0.1) is 0 Å². The topological polar surface area (TPSA) is 67.6 Å². The number of hydrogen-bond donors (Lipinski definition) is 1. The monoisotopic (exact) mass is 329 g/mol. The van der Waals surface area contributed by atoms with Crippen LogP contribution in [0.15, 0.2) is 30.3 Å². The standard InChI is InChI=1S/C18H23N3O3/c1-13-10-16(19-20(13)2)18(23)21(12-15-7-5-9-24-15)11-14-6-3-4-8-17(14)22/h3-4,6,8,10,15,22H,5,7,9,11-12H2,1-2H3/t15-/m0/s1. The van der Waals surface area contributed by atoms with E-state index in [-0.39, 0.29) is 17.8 Å². The first-order chi connectivity index (χ1) is 11.5. The Morgan fingerprint density at radius 1 is 1.46 bits per heavy atom. The second-order valence-electron chi connectivity index (χ2n) is 6.24. The molecule has 3 rings (SSSR count). The highest BCUT2D eigenvalue weighted by Crippen LogP contribution is 2.21. The van der Waals surface area contributed by atoms with Crippen molar-refractivity contribution >= 4 is 5.91 Å². The number of carbonyl (C=O) groups is 1. The molecule has 0 bridgehead atoms. The van der Waals surface area contributed by atoms with E-state index in [4.69, 9.17) is 4.74 Å². The first kappa shape index (κ1) is 16.5. The van der Waals surface area contributed by atoms with Crippen LogP contribution in [0, 0.1) is 6.92 Å². The zero-order valence-corrected chi connectivity index (χ0v) is 14.1. The first-order valence-corrected chi connectivity index (χ1v) is 8.23. The lowest BCUT2D eigenvalue weighted by molar-refractivity contribution is 0.0501. The number of phenolic OH excluding ortho intramolecular Hbond substituents is 1. The number of ether oxygens (including phenoxy) is 1. The van der Waals surface area contributed by atoms with Gasteiger partial charge < -0.3 is 14.7 Å². The molecule has 24 heavy (non-hydrogen) atoms. The fourth-order valence-electron chi connectivity index (χ4n) is 2.93. The number of para-hydroxylation sites is 1. The fraction of sp³-hybridized carbons (Fsp3) is 0.444. The number of hydrogen-bond acceptors (Lipinski definition) is 4. The fourth-order valence-corrected chi connectivity index (χ4v) is 2.93. The molecule has 1 saturated heterocycles. The second kappa shape index (κ2) is 7.05. The maximum absolute atomic E-state index is 12.9. The Kier molecular flexibility index (Phi) is 4.85. The average molecular weight is 329 g/mol. The van der Waals surface area contributed by atoms with Gasteiger partial charge in [-0.1, -0.05) is 18.2 Å². The van der Waals surface area contributed by atoms with Crippen molar-refractivity contribution in [2.45, 2.75) is 32.4 Å². The molecular formula is C18H23N3O3. The molecule has 0 spiro atoms. The molecule has 0 saturated carbocycles. The lowest BCUT2D eigenvalue weighted by Gasteiger charge is -2.25. The van der Waals surface area contributed by atoms with E-state index < -0.39 is 0 Å². The van der Waals surface area contributed by atoms with Crippen molar-refractivity contribution in [2.24, 2.45) is 7.05 Å². The van der Waals surface area contributed by atoms with Gasteiger partial charge in [0.1, 0.15) is 5.75 Å². The molecule has 128 valence electrons.